The molecule has 16 nitrogen and oxygen atoms in total. The predicted molar refractivity (Wildman–Crippen MR) is 176 cm³/mol. The number of nitrogens with one attached hydrogen (secondary N) is 1. The molecule has 2 fully saturated rings. The third kappa shape index (κ3) is 6.18. The highest BCUT2D eigenvalue weighted by molar-refractivity contribution is 8.01. The van der Waals surface area contributed by atoms with E-state index in [9.17, 15) is 43.8 Å². The Morgan fingerprint density at radius 2 is 1.61 bits per heavy atom. The van der Waals surface area contributed by atoms with Gasteiger partial charge >= 0.3 is 5.97 Å². The van der Waals surface area contributed by atoms with E-state index < -0.39 is 80.9 Å². The van der Waals surface area contributed by atoms with Crippen LogP contribution in [0, 0.1) is 0 Å². The number of imide groups is 2. The van der Waals surface area contributed by atoms with Crippen molar-refractivity contribution < 1.29 is 39.0 Å². The number of carboxylic acids is 1. The van der Waals surface area contributed by atoms with Gasteiger partial charge in [-0.1, -0.05) is 12.1 Å². The molecule has 17 heteroatoms. The van der Waals surface area contributed by atoms with Gasteiger partial charge in [0.15, 0.2) is 0 Å². The third-order valence-corrected chi connectivity index (χ3v) is 9.81. The number of fused-ring (bicyclic) bond motifs is 1. The lowest BCUT2D eigenvalue weighted by atomic mass is 9.94. The lowest BCUT2D eigenvalue weighted by Gasteiger charge is -2.47. The third-order valence-electron chi connectivity index (χ3n) is 8.25. The van der Waals surface area contributed by atoms with Crippen LogP contribution >= 0.6 is 11.8 Å². The molecule has 2 aliphatic rings. The number of β-lactam (4-membered cyclic amide) rings is 1. The van der Waals surface area contributed by atoms with Crippen LogP contribution in [0.2, 0.25) is 0 Å². The minimum Gasteiger partial charge on any atom is -0.508 e. The SMILES string of the molecule is CC(=O)N(C(=O)C(C)N)c1ccc(-c2ncc(C(=O)N(C(=O)C(N)c3ccc(O)cc3)[C@@H]3C(=O)N4[C@@H]3SC(C)(C)[C@@H]4C(=O)O)c(=O)[nH]2)cc1. The first kappa shape index (κ1) is 34.9. The number of anilines is 1. The van der Waals surface area contributed by atoms with E-state index in [0.29, 0.717) is 10.5 Å². The number of phenolic OH excluding ortho intramolecular Hbond substituents is 1. The molecule has 1 aromatic heterocycles. The molecular weight excluding hydrogens is 658 g/mol. The minimum absolute atomic E-state index is 0.00274. The average molecular weight is 692 g/mol. The van der Waals surface area contributed by atoms with Crippen LogP contribution in [0.25, 0.3) is 11.4 Å². The summed E-state index contributed by atoms with van der Waals surface area (Å²) in [6.07, 6.45) is 0.935. The Morgan fingerprint density at radius 1 is 1.00 bits per heavy atom. The number of H-pyrrole nitrogens is 1. The van der Waals surface area contributed by atoms with Gasteiger partial charge in [0.1, 0.15) is 40.6 Å². The van der Waals surface area contributed by atoms with E-state index in [-0.39, 0.29) is 22.8 Å². The van der Waals surface area contributed by atoms with Crippen LogP contribution in [0.15, 0.2) is 59.5 Å². The largest absolute Gasteiger partial charge is 0.508 e. The summed E-state index contributed by atoms with van der Waals surface area (Å²) in [6.45, 7) is 5.91. The van der Waals surface area contributed by atoms with Crippen molar-refractivity contribution in [2.75, 3.05) is 4.90 Å². The van der Waals surface area contributed by atoms with Crippen molar-refractivity contribution >= 4 is 53.0 Å². The zero-order valence-corrected chi connectivity index (χ0v) is 27.5. The summed E-state index contributed by atoms with van der Waals surface area (Å²) in [5.41, 5.74) is 11.1. The maximum Gasteiger partial charge on any atom is 0.327 e. The maximum absolute atomic E-state index is 14.1. The first-order chi connectivity index (χ1) is 23.0. The van der Waals surface area contributed by atoms with Crippen molar-refractivity contribution in [1.29, 1.82) is 0 Å². The molecular formula is C32H33N7O9S. The number of hydrogen-bond donors (Lipinski definition) is 5. The molecule has 2 aromatic carbocycles. The summed E-state index contributed by atoms with van der Waals surface area (Å²) < 4.78 is -0.981. The molecule has 0 saturated carbocycles. The molecule has 5 atom stereocenters. The van der Waals surface area contributed by atoms with E-state index >= 15 is 0 Å². The van der Waals surface area contributed by atoms with Gasteiger partial charge in [-0.15, -0.1) is 11.8 Å². The van der Waals surface area contributed by atoms with Gasteiger partial charge < -0.3 is 31.6 Å². The van der Waals surface area contributed by atoms with Crippen molar-refractivity contribution in [3.63, 3.8) is 0 Å². The van der Waals surface area contributed by atoms with Crippen molar-refractivity contribution in [2.45, 2.75) is 62.0 Å². The number of carbonyl (C=O) groups is 6. The predicted octanol–water partition coefficient (Wildman–Crippen LogP) is 0.554. The number of phenols is 1. The summed E-state index contributed by atoms with van der Waals surface area (Å²) in [7, 11) is 0. The second-order valence-corrected chi connectivity index (χ2v) is 13.9. The second-order valence-electron chi connectivity index (χ2n) is 12.1. The molecule has 2 aliphatic heterocycles. The Morgan fingerprint density at radius 3 is 2.14 bits per heavy atom. The number of nitrogens with two attached hydrogens (primary N) is 2. The number of carboxylic acid groups (broad SMARTS) is 1. The number of carbonyl (C=O) groups excluding carboxylic acids is 5. The molecule has 5 rings (SSSR count). The molecule has 3 heterocycles. The maximum atomic E-state index is 14.1. The fourth-order valence-electron chi connectivity index (χ4n) is 5.83. The number of amides is 5. The van der Waals surface area contributed by atoms with Crippen LogP contribution in [0.1, 0.15) is 49.7 Å². The fourth-order valence-corrected chi connectivity index (χ4v) is 7.50. The van der Waals surface area contributed by atoms with Crippen LogP contribution < -0.4 is 21.9 Å². The average Bonchev–Trinajstić information content (AvgIpc) is 3.30. The highest BCUT2D eigenvalue weighted by atomic mass is 32.2. The molecule has 0 bridgehead atoms. The van der Waals surface area contributed by atoms with Gasteiger partial charge in [-0.3, -0.25) is 33.7 Å². The quantitative estimate of drug-likeness (QED) is 0.203. The van der Waals surface area contributed by atoms with E-state index in [0.717, 1.165) is 27.8 Å². The Kier molecular flexibility index (Phi) is 9.20. The van der Waals surface area contributed by atoms with Gasteiger partial charge in [0.2, 0.25) is 11.8 Å². The molecule has 49 heavy (non-hydrogen) atoms. The van der Waals surface area contributed by atoms with Gasteiger partial charge in [-0.2, -0.15) is 0 Å². The van der Waals surface area contributed by atoms with E-state index in [4.69, 9.17) is 11.5 Å². The number of aliphatic carboxylic acids is 1. The number of rotatable bonds is 8. The lowest BCUT2D eigenvalue weighted by Crippen LogP contribution is -2.72. The highest BCUT2D eigenvalue weighted by Crippen LogP contribution is 2.52. The summed E-state index contributed by atoms with van der Waals surface area (Å²) in [5.74, 6) is -5.56. The van der Waals surface area contributed by atoms with Crippen molar-refractivity contribution in [1.82, 2.24) is 19.8 Å². The number of nitrogens with zero attached hydrogens (tertiary/aromatic N) is 4. The second kappa shape index (κ2) is 12.9. The lowest BCUT2D eigenvalue weighted by molar-refractivity contribution is -0.166. The molecule has 2 unspecified atom stereocenters. The van der Waals surface area contributed by atoms with Crippen molar-refractivity contribution in [2.24, 2.45) is 11.5 Å². The number of benzene rings is 2. The Hall–Kier alpha value is -5.39. The van der Waals surface area contributed by atoms with E-state index in [1.165, 1.54) is 62.4 Å². The number of aromatic amines is 1. The molecule has 0 radical (unpaired) electrons. The molecule has 3 aromatic rings. The van der Waals surface area contributed by atoms with E-state index in [1.54, 1.807) is 13.8 Å². The molecule has 0 spiro atoms. The zero-order chi connectivity index (χ0) is 36.1. The number of aromatic nitrogens is 2. The summed E-state index contributed by atoms with van der Waals surface area (Å²) in [4.78, 5) is 101. The Labute approximate surface area is 283 Å². The van der Waals surface area contributed by atoms with Gasteiger partial charge in [0.05, 0.1) is 11.7 Å². The topological polar surface area (TPSA) is 250 Å². The molecule has 0 aliphatic carbocycles. The standard InChI is InChI=1S/C32H33N7O9S/c1-14(33)26(43)37(15(2)40)18-9-5-17(6-10-18)24-35-13-20(25(42)36-24)27(44)38(28(45)21(34)16-7-11-19(41)12-8-16)22-29(46)39-23(31(47)48)32(3,4)49-30(22)39/h5-14,21-23,30,41H,33-34H2,1-4H3,(H,47,48)(H,35,36,42)/t14?,21?,22-,23+,30-/m1/s1. The van der Waals surface area contributed by atoms with E-state index in [2.05, 4.69) is 9.97 Å². The van der Waals surface area contributed by atoms with Crippen LogP contribution in [0.3, 0.4) is 0 Å². The number of hydrogen-bond acceptors (Lipinski definition) is 12. The first-order valence-electron chi connectivity index (χ1n) is 14.9. The Bertz CT molecular complexity index is 1930. The summed E-state index contributed by atoms with van der Waals surface area (Å²) >= 11 is 1.10. The molecule has 256 valence electrons. The van der Waals surface area contributed by atoms with Crippen molar-refractivity contribution in [3.05, 3.63) is 76.2 Å². The highest BCUT2D eigenvalue weighted by Gasteiger charge is 2.67. The normalized spacial score (nSPS) is 20.4. The molecule has 7 N–H and O–H groups in total. The summed E-state index contributed by atoms with van der Waals surface area (Å²) in [6, 6.07) is 5.97. The van der Waals surface area contributed by atoms with E-state index in [1.807, 2.05) is 0 Å². The fraction of sp³-hybridized carbons (Fsp3) is 0.312. The van der Waals surface area contributed by atoms with Crippen LogP contribution in [-0.2, 0) is 24.0 Å². The van der Waals surface area contributed by atoms with Crippen LogP contribution in [0.5, 0.6) is 5.75 Å². The van der Waals surface area contributed by atoms with Gasteiger partial charge in [-0.05, 0) is 62.7 Å². The number of aromatic hydroxyl groups is 1. The van der Waals surface area contributed by atoms with Crippen molar-refractivity contribution in [3.8, 4) is 17.1 Å². The van der Waals surface area contributed by atoms with Crippen LogP contribution in [-0.4, -0.2) is 93.7 Å². The minimum atomic E-state index is -1.50. The molecule has 2 saturated heterocycles. The molecule has 5 amide bonds. The van der Waals surface area contributed by atoms with Gasteiger partial charge in [0, 0.05) is 23.4 Å². The Balaban J connectivity index is 1.49. The number of thioether (sulfide) groups is 1. The smallest absolute Gasteiger partial charge is 0.327 e. The van der Waals surface area contributed by atoms with Crippen LogP contribution in [0.4, 0.5) is 5.69 Å². The van der Waals surface area contributed by atoms with Gasteiger partial charge in [-0.25, -0.2) is 14.7 Å². The zero-order valence-electron chi connectivity index (χ0n) is 26.7. The van der Waals surface area contributed by atoms with Gasteiger partial charge in [0.25, 0.3) is 23.3 Å². The monoisotopic (exact) mass is 691 g/mol. The first-order valence-corrected chi connectivity index (χ1v) is 15.8. The summed E-state index contributed by atoms with van der Waals surface area (Å²) in [5, 5.41) is 18.6.